The fourth-order valence-electron chi connectivity index (χ4n) is 2.88. The third-order valence-corrected chi connectivity index (χ3v) is 5.21. The topological polar surface area (TPSA) is 83.8 Å². The molecular formula is C21H16ClN4O2P. The molecule has 4 rings (SSSR count). The Bertz CT molecular complexity index is 1250. The molecule has 1 N–H and O–H groups in total. The van der Waals surface area contributed by atoms with Crippen molar-refractivity contribution in [2.24, 2.45) is 0 Å². The first-order valence-electron chi connectivity index (χ1n) is 8.73. The van der Waals surface area contributed by atoms with Crippen LogP contribution in [0.5, 0.6) is 17.2 Å². The summed E-state index contributed by atoms with van der Waals surface area (Å²) >= 11 is 6.06. The molecule has 1 atom stereocenters. The summed E-state index contributed by atoms with van der Waals surface area (Å²) in [7, 11) is 2.68. The maximum atomic E-state index is 9.11. The molecule has 0 saturated carbocycles. The Morgan fingerprint density at radius 3 is 2.86 bits per heavy atom. The SMILES string of the molecule is Cc1c(P)cc(Oc2cc(Cl)cc(C#N)c2)cc1OCc1[nH]nc2ncccc12. The second-order valence-electron chi connectivity index (χ2n) is 6.39. The number of benzene rings is 2. The summed E-state index contributed by atoms with van der Waals surface area (Å²) in [6.07, 6.45) is 1.70. The molecule has 0 aliphatic rings. The van der Waals surface area contributed by atoms with Crippen LogP contribution in [0.3, 0.4) is 0 Å². The Kier molecular flexibility index (Phi) is 5.35. The second-order valence-corrected chi connectivity index (χ2v) is 7.45. The molecule has 0 aliphatic carbocycles. The molecule has 8 heteroatoms. The summed E-state index contributed by atoms with van der Waals surface area (Å²) in [6, 6.07) is 14.5. The zero-order valence-corrected chi connectivity index (χ0v) is 17.3. The van der Waals surface area contributed by atoms with Gasteiger partial charge in [0, 0.05) is 22.7 Å². The highest BCUT2D eigenvalue weighted by atomic mass is 35.5. The van der Waals surface area contributed by atoms with Crippen LogP contribution in [0.15, 0.2) is 48.7 Å². The highest BCUT2D eigenvalue weighted by Gasteiger charge is 2.11. The molecule has 1 unspecified atom stereocenters. The van der Waals surface area contributed by atoms with Gasteiger partial charge in [-0.3, -0.25) is 5.10 Å². The van der Waals surface area contributed by atoms with Crippen molar-refractivity contribution in [1.29, 1.82) is 5.26 Å². The van der Waals surface area contributed by atoms with Crippen LogP contribution in [-0.4, -0.2) is 15.2 Å². The van der Waals surface area contributed by atoms with Gasteiger partial charge in [-0.05, 0) is 54.2 Å². The zero-order chi connectivity index (χ0) is 20.4. The van der Waals surface area contributed by atoms with Gasteiger partial charge in [-0.25, -0.2) is 4.98 Å². The van der Waals surface area contributed by atoms with E-state index in [9.17, 15) is 0 Å². The van der Waals surface area contributed by atoms with Crippen LogP contribution in [0.2, 0.25) is 5.02 Å². The lowest BCUT2D eigenvalue weighted by atomic mass is 10.2. The van der Waals surface area contributed by atoms with Crippen LogP contribution >= 0.6 is 20.8 Å². The molecule has 6 nitrogen and oxygen atoms in total. The minimum absolute atomic E-state index is 0.312. The predicted octanol–water partition coefficient (Wildman–Crippen LogP) is 4.66. The van der Waals surface area contributed by atoms with E-state index in [4.69, 9.17) is 26.3 Å². The van der Waals surface area contributed by atoms with Gasteiger partial charge in [0.05, 0.1) is 17.3 Å². The smallest absolute Gasteiger partial charge is 0.181 e. The number of ether oxygens (including phenoxy) is 2. The first-order valence-corrected chi connectivity index (χ1v) is 9.68. The van der Waals surface area contributed by atoms with E-state index in [1.165, 1.54) is 0 Å². The zero-order valence-electron chi connectivity index (χ0n) is 15.4. The van der Waals surface area contributed by atoms with Gasteiger partial charge in [0.15, 0.2) is 5.65 Å². The molecule has 4 aromatic rings. The first-order chi connectivity index (χ1) is 14.0. The number of nitriles is 1. The van der Waals surface area contributed by atoms with E-state index in [2.05, 4.69) is 30.5 Å². The lowest BCUT2D eigenvalue weighted by Gasteiger charge is -2.14. The van der Waals surface area contributed by atoms with Crippen LogP contribution in [-0.2, 0) is 6.61 Å². The third kappa shape index (κ3) is 4.17. The van der Waals surface area contributed by atoms with Crippen molar-refractivity contribution in [3.8, 4) is 23.3 Å². The molecule has 2 aromatic heterocycles. The first kappa shape index (κ1) is 19.2. The number of aromatic nitrogens is 3. The van der Waals surface area contributed by atoms with Gasteiger partial charge in [0.2, 0.25) is 0 Å². The van der Waals surface area contributed by atoms with Crippen molar-refractivity contribution >= 4 is 37.2 Å². The summed E-state index contributed by atoms with van der Waals surface area (Å²) in [5, 5.41) is 18.6. The van der Waals surface area contributed by atoms with Gasteiger partial charge in [0.1, 0.15) is 23.9 Å². The van der Waals surface area contributed by atoms with Gasteiger partial charge in [-0.2, -0.15) is 10.4 Å². The lowest BCUT2D eigenvalue weighted by molar-refractivity contribution is 0.299. The van der Waals surface area contributed by atoms with Crippen LogP contribution < -0.4 is 14.8 Å². The van der Waals surface area contributed by atoms with Gasteiger partial charge < -0.3 is 9.47 Å². The van der Waals surface area contributed by atoms with E-state index in [-0.39, 0.29) is 0 Å². The van der Waals surface area contributed by atoms with Crippen molar-refractivity contribution in [2.75, 3.05) is 0 Å². The van der Waals surface area contributed by atoms with Crippen molar-refractivity contribution in [3.63, 3.8) is 0 Å². The molecular weight excluding hydrogens is 407 g/mol. The fourth-order valence-corrected chi connectivity index (χ4v) is 3.41. The highest BCUT2D eigenvalue weighted by molar-refractivity contribution is 7.27. The maximum Gasteiger partial charge on any atom is 0.181 e. The molecule has 0 bridgehead atoms. The number of hydrogen-bond acceptors (Lipinski definition) is 5. The van der Waals surface area contributed by atoms with Gasteiger partial charge in [-0.15, -0.1) is 9.24 Å². The molecule has 2 heterocycles. The Hall–Kier alpha value is -3.13. The summed E-state index contributed by atoms with van der Waals surface area (Å²) in [4.78, 5) is 4.22. The summed E-state index contributed by atoms with van der Waals surface area (Å²) in [5.41, 5.74) is 2.91. The van der Waals surface area contributed by atoms with E-state index in [0.29, 0.717) is 40.1 Å². The Labute approximate surface area is 174 Å². The van der Waals surface area contributed by atoms with E-state index >= 15 is 0 Å². The monoisotopic (exact) mass is 422 g/mol. The van der Waals surface area contributed by atoms with Crippen molar-refractivity contribution in [2.45, 2.75) is 13.5 Å². The molecule has 0 fully saturated rings. The predicted molar refractivity (Wildman–Crippen MR) is 115 cm³/mol. The normalized spacial score (nSPS) is 10.7. The van der Waals surface area contributed by atoms with Crippen molar-refractivity contribution < 1.29 is 9.47 Å². The third-order valence-electron chi connectivity index (χ3n) is 4.39. The number of pyridine rings is 1. The largest absolute Gasteiger partial charge is 0.487 e. The Balaban J connectivity index is 1.59. The lowest BCUT2D eigenvalue weighted by Crippen LogP contribution is -2.05. The van der Waals surface area contributed by atoms with Crippen LogP contribution in [0, 0.1) is 18.3 Å². The van der Waals surface area contributed by atoms with E-state index < -0.39 is 0 Å². The van der Waals surface area contributed by atoms with Crippen LogP contribution in [0.25, 0.3) is 11.0 Å². The average Bonchev–Trinajstić information content (AvgIpc) is 3.12. The minimum atomic E-state index is 0.312. The summed E-state index contributed by atoms with van der Waals surface area (Å²) in [5.74, 6) is 1.75. The molecule has 144 valence electrons. The van der Waals surface area contributed by atoms with Crippen LogP contribution in [0.4, 0.5) is 0 Å². The Morgan fingerprint density at radius 2 is 2.03 bits per heavy atom. The van der Waals surface area contributed by atoms with E-state index in [1.54, 1.807) is 24.4 Å². The van der Waals surface area contributed by atoms with Crippen molar-refractivity contribution in [3.05, 3.63) is 70.5 Å². The number of H-pyrrole nitrogens is 1. The number of rotatable bonds is 5. The number of fused-ring (bicyclic) bond motifs is 1. The van der Waals surface area contributed by atoms with Gasteiger partial charge >= 0.3 is 0 Å². The fraction of sp³-hybridized carbons (Fsp3) is 0.0952. The van der Waals surface area contributed by atoms with E-state index in [0.717, 1.165) is 21.9 Å². The standard InChI is InChI=1S/C21H16ClN4O2P/c1-12-19(27-11-18-17-3-2-4-24-21(17)26-25-18)8-16(9-20(12)29)28-15-6-13(10-23)5-14(22)7-15/h2-9H,11,29H2,1H3,(H,24,25,26). The molecule has 2 aromatic carbocycles. The molecule has 0 spiro atoms. The van der Waals surface area contributed by atoms with Crippen LogP contribution in [0.1, 0.15) is 16.8 Å². The number of halogens is 1. The average molecular weight is 423 g/mol. The van der Waals surface area contributed by atoms with E-state index in [1.807, 2.05) is 31.2 Å². The van der Waals surface area contributed by atoms with Crippen molar-refractivity contribution in [1.82, 2.24) is 15.2 Å². The number of hydrogen-bond donors (Lipinski definition) is 1. The number of nitrogens with zero attached hydrogens (tertiary/aromatic N) is 3. The molecule has 0 radical (unpaired) electrons. The highest BCUT2D eigenvalue weighted by Crippen LogP contribution is 2.31. The quantitative estimate of drug-likeness (QED) is 0.473. The maximum absolute atomic E-state index is 9.11. The van der Waals surface area contributed by atoms with Gasteiger partial charge in [0.25, 0.3) is 0 Å². The Morgan fingerprint density at radius 1 is 1.21 bits per heavy atom. The molecule has 29 heavy (non-hydrogen) atoms. The number of aromatic amines is 1. The molecule has 0 saturated heterocycles. The summed E-state index contributed by atoms with van der Waals surface area (Å²) < 4.78 is 12.0. The minimum Gasteiger partial charge on any atom is -0.487 e. The molecule has 0 amide bonds. The van der Waals surface area contributed by atoms with Gasteiger partial charge in [-0.1, -0.05) is 11.6 Å². The second kappa shape index (κ2) is 8.08. The summed E-state index contributed by atoms with van der Waals surface area (Å²) in [6.45, 7) is 2.29. The number of nitrogens with one attached hydrogen (secondary N) is 1. The molecule has 0 aliphatic heterocycles.